The third kappa shape index (κ3) is 10.1. The number of aliphatic hydroxyl groups is 1. The van der Waals surface area contributed by atoms with Gasteiger partial charge in [-0.25, -0.2) is 8.42 Å². The van der Waals surface area contributed by atoms with E-state index < -0.39 is 16.1 Å². The number of pyridine rings is 1. The summed E-state index contributed by atoms with van der Waals surface area (Å²) in [5, 5.41) is 10.2. The Morgan fingerprint density at radius 2 is 1.83 bits per heavy atom. The fourth-order valence-electron chi connectivity index (χ4n) is 5.59. The Morgan fingerprint density at radius 3 is 2.51 bits per heavy atom. The summed E-state index contributed by atoms with van der Waals surface area (Å²) in [5.74, 6) is 0.440. The number of nitrogens with one attached hydrogen (secondary N) is 1. The van der Waals surface area contributed by atoms with Gasteiger partial charge < -0.3 is 24.2 Å². The van der Waals surface area contributed by atoms with E-state index in [1.807, 2.05) is 26.1 Å². The van der Waals surface area contributed by atoms with Crippen LogP contribution in [0.2, 0.25) is 0 Å². The van der Waals surface area contributed by atoms with E-state index >= 15 is 0 Å². The van der Waals surface area contributed by atoms with Crippen molar-refractivity contribution in [2.75, 3.05) is 45.2 Å². The summed E-state index contributed by atoms with van der Waals surface area (Å²) in [5.41, 5.74) is 1.57. The minimum atomic E-state index is -3.96. The molecule has 3 aromatic rings. The minimum Gasteiger partial charge on any atom is -0.497 e. The van der Waals surface area contributed by atoms with Crippen molar-refractivity contribution in [3.05, 3.63) is 78.1 Å². The van der Waals surface area contributed by atoms with Gasteiger partial charge >= 0.3 is 0 Å². The molecule has 1 aromatic heterocycles. The number of likely N-dealkylation sites (N-methyl/N-ethyl adjacent to an activating group) is 1. The zero-order chi connectivity index (χ0) is 34.0. The molecule has 12 heteroatoms. The number of hydrogen-bond donors (Lipinski definition) is 2. The smallest absolute Gasteiger partial charge is 0.261 e. The SMILES string of the molecule is COc1ccc(S(=O)(=O)Nc2ccc3c(c2)C(=O)N([C@H](C)CO)C[C@@H](C)[C@@H](CN(C)Cc2ccncc2)OCCCC[C@@H](C)O3)cc1. The number of anilines is 1. The number of ether oxygens (including phenoxy) is 3. The Morgan fingerprint density at radius 1 is 1.11 bits per heavy atom. The van der Waals surface area contributed by atoms with Crippen LogP contribution in [0.4, 0.5) is 5.69 Å². The lowest BCUT2D eigenvalue weighted by Crippen LogP contribution is -2.47. The Labute approximate surface area is 278 Å². The molecule has 2 aromatic carbocycles. The van der Waals surface area contributed by atoms with Crippen LogP contribution in [0.1, 0.15) is 56.0 Å². The molecular weight excluding hydrogens is 620 g/mol. The number of amides is 1. The summed E-state index contributed by atoms with van der Waals surface area (Å²) in [7, 11) is -0.408. The highest BCUT2D eigenvalue weighted by Crippen LogP contribution is 2.30. The van der Waals surface area contributed by atoms with Crippen LogP contribution in [-0.4, -0.2) is 92.9 Å². The molecule has 2 heterocycles. The third-order valence-corrected chi connectivity index (χ3v) is 9.76. The summed E-state index contributed by atoms with van der Waals surface area (Å²) in [6.07, 6.45) is 5.68. The van der Waals surface area contributed by atoms with Gasteiger partial charge in [0.25, 0.3) is 15.9 Å². The molecule has 0 fully saturated rings. The first-order valence-corrected chi connectivity index (χ1v) is 17.6. The molecule has 256 valence electrons. The Bertz CT molecular complexity index is 1540. The molecule has 0 saturated heterocycles. The van der Waals surface area contributed by atoms with Crippen molar-refractivity contribution in [1.82, 2.24) is 14.8 Å². The van der Waals surface area contributed by atoms with E-state index in [0.717, 1.165) is 31.4 Å². The van der Waals surface area contributed by atoms with Crippen LogP contribution in [0, 0.1) is 5.92 Å². The van der Waals surface area contributed by atoms with Gasteiger partial charge in [-0.3, -0.25) is 19.4 Å². The van der Waals surface area contributed by atoms with Crippen molar-refractivity contribution in [2.45, 2.75) is 69.7 Å². The predicted octanol–water partition coefficient (Wildman–Crippen LogP) is 4.82. The Kier molecular flexibility index (Phi) is 13.0. The maximum Gasteiger partial charge on any atom is 0.261 e. The summed E-state index contributed by atoms with van der Waals surface area (Å²) in [4.78, 5) is 22.4. The van der Waals surface area contributed by atoms with Crippen molar-refractivity contribution in [1.29, 1.82) is 0 Å². The second-order valence-corrected chi connectivity index (χ2v) is 14.0. The Balaban J connectivity index is 1.64. The van der Waals surface area contributed by atoms with Crippen LogP contribution in [0.25, 0.3) is 0 Å². The fraction of sp³-hybridized carbons (Fsp3) is 0.486. The molecular formula is C35H48N4O7S. The second-order valence-electron chi connectivity index (χ2n) is 12.3. The fourth-order valence-corrected chi connectivity index (χ4v) is 6.64. The molecule has 0 bridgehead atoms. The largest absolute Gasteiger partial charge is 0.497 e. The van der Waals surface area contributed by atoms with E-state index in [1.54, 1.807) is 48.5 Å². The van der Waals surface area contributed by atoms with Crippen molar-refractivity contribution in [2.24, 2.45) is 5.92 Å². The van der Waals surface area contributed by atoms with E-state index in [4.69, 9.17) is 14.2 Å². The second kappa shape index (κ2) is 16.9. The number of nitrogens with zero attached hydrogens (tertiary/aromatic N) is 3. The first-order chi connectivity index (χ1) is 22.5. The van der Waals surface area contributed by atoms with Crippen LogP contribution < -0.4 is 14.2 Å². The maximum absolute atomic E-state index is 14.4. The highest BCUT2D eigenvalue weighted by molar-refractivity contribution is 7.92. The molecule has 0 aliphatic carbocycles. The number of carbonyl (C=O) groups excluding carboxylic acids is 1. The molecule has 4 atom stereocenters. The zero-order valence-corrected chi connectivity index (χ0v) is 28.8. The number of sulfonamides is 1. The van der Waals surface area contributed by atoms with Gasteiger partial charge in [0.15, 0.2) is 0 Å². The van der Waals surface area contributed by atoms with Gasteiger partial charge in [-0.1, -0.05) is 6.92 Å². The maximum atomic E-state index is 14.4. The topological polar surface area (TPSA) is 131 Å². The average Bonchev–Trinajstić information content (AvgIpc) is 3.06. The molecule has 1 aliphatic rings. The molecule has 1 amide bonds. The van der Waals surface area contributed by atoms with Gasteiger partial charge in [0, 0.05) is 50.2 Å². The monoisotopic (exact) mass is 668 g/mol. The molecule has 1 aliphatic heterocycles. The van der Waals surface area contributed by atoms with Gasteiger partial charge in [0.1, 0.15) is 11.5 Å². The number of rotatable bonds is 10. The standard InChI is InChI=1S/C35H48N4O7S/c1-25-21-39(26(2)24-40)35(41)32-20-29(37-47(42,43)31-12-10-30(44-5)11-13-31)9-14-33(32)46-27(3)8-6-7-19-45-34(25)23-38(4)22-28-15-17-36-18-16-28/h9-18,20,25-27,34,37,40H,6-8,19,21-24H2,1-5H3/t25-,26-,27-,34-/m1/s1. The number of aliphatic hydroxyl groups excluding tert-OH is 1. The van der Waals surface area contributed by atoms with E-state index in [2.05, 4.69) is 21.5 Å². The van der Waals surface area contributed by atoms with Gasteiger partial charge in [-0.15, -0.1) is 0 Å². The van der Waals surface area contributed by atoms with Crippen LogP contribution in [0.15, 0.2) is 71.9 Å². The number of methoxy groups -OCH3 is 1. The Hall–Kier alpha value is -3.71. The van der Waals surface area contributed by atoms with E-state index in [1.165, 1.54) is 25.3 Å². The summed E-state index contributed by atoms with van der Waals surface area (Å²) >= 11 is 0. The van der Waals surface area contributed by atoms with Gasteiger partial charge in [0.05, 0.1) is 42.4 Å². The van der Waals surface area contributed by atoms with Crippen LogP contribution in [0.3, 0.4) is 0 Å². The quantitative estimate of drug-likeness (QED) is 0.312. The van der Waals surface area contributed by atoms with E-state index in [-0.39, 0.29) is 46.8 Å². The van der Waals surface area contributed by atoms with Crippen LogP contribution >= 0.6 is 0 Å². The number of hydrogen-bond acceptors (Lipinski definition) is 9. The van der Waals surface area contributed by atoms with Crippen LogP contribution in [0.5, 0.6) is 11.5 Å². The molecule has 47 heavy (non-hydrogen) atoms. The number of fused-ring (bicyclic) bond motifs is 1. The van der Waals surface area contributed by atoms with Crippen molar-refractivity contribution in [3.63, 3.8) is 0 Å². The molecule has 11 nitrogen and oxygen atoms in total. The van der Waals surface area contributed by atoms with Crippen molar-refractivity contribution in [3.8, 4) is 11.5 Å². The summed E-state index contributed by atoms with van der Waals surface area (Å²) in [6.45, 7) is 7.82. The number of benzene rings is 2. The van der Waals surface area contributed by atoms with Gasteiger partial charge in [0.2, 0.25) is 0 Å². The van der Waals surface area contributed by atoms with Gasteiger partial charge in [-0.2, -0.15) is 0 Å². The summed E-state index contributed by atoms with van der Waals surface area (Å²) < 4.78 is 47.0. The van der Waals surface area contributed by atoms with Crippen LogP contribution in [-0.2, 0) is 21.3 Å². The summed E-state index contributed by atoms with van der Waals surface area (Å²) in [6, 6.07) is 14.2. The zero-order valence-electron chi connectivity index (χ0n) is 28.0. The predicted molar refractivity (Wildman–Crippen MR) is 181 cm³/mol. The van der Waals surface area contributed by atoms with Gasteiger partial charge in [-0.05, 0) is 100 Å². The molecule has 0 radical (unpaired) electrons. The van der Waals surface area contributed by atoms with Crippen molar-refractivity contribution < 1.29 is 32.5 Å². The molecule has 0 saturated carbocycles. The highest BCUT2D eigenvalue weighted by atomic mass is 32.2. The number of carbonyl (C=O) groups is 1. The minimum absolute atomic E-state index is 0.0545. The lowest BCUT2D eigenvalue weighted by atomic mass is 10.0. The number of aromatic nitrogens is 1. The molecule has 0 unspecified atom stereocenters. The highest BCUT2D eigenvalue weighted by Gasteiger charge is 2.30. The van der Waals surface area contributed by atoms with E-state index in [0.29, 0.717) is 31.2 Å². The molecule has 2 N–H and O–H groups in total. The average molecular weight is 669 g/mol. The first-order valence-electron chi connectivity index (χ1n) is 16.1. The lowest BCUT2D eigenvalue weighted by molar-refractivity contribution is -0.0177. The first kappa shape index (κ1) is 36.1. The third-order valence-electron chi connectivity index (χ3n) is 8.37. The lowest BCUT2D eigenvalue weighted by Gasteiger charge is -2.36. The normalized spacial score (nSPS) is 20.5. The van der Waals surface area contributed by atoms with Crippen molar-refractivity contribution >= 4 is 21.6 Å². The molecule has 4 rings (SSSR count). The molecule has 0 spiro atoms. The van der Waals surface area contributed by atoms with E-state index in [9.17, 15) is 18.3 Å².